The molecule has 114 valence electrons. The summed E-state index contributed by atoms with van der Waals surface area (Å²) in [5.74, 6) is 0.857. The highest BCUT2D eigenvalue weighted by Crippen LogP contribution is 2.29. The average molecular weight is 308 g/mol. The SMILES string of the molecule is C#CCC/C(O)=C(\C#N)C(=O)Nc1ccc(C(F)(F)F)cc1. The first-order valence-electron chi connectivity index (χ1n) is 6.04. The Kier molecular flexibility index (Phi) is 5.59. The summed E-state index contributed by atoms with van der Waals surface area (Å²) in [4.78, 5) is 11.8. The molecule has 0 atom stereocenters. The first-order valence-corrected chi connectivity index (χ1v) is 6.04. The molecule has 1 aromatic rings. The number of hydrogen-bond donors (Lipinski definition) is 2. The lowest BCUT2D eigenvalue weighted by Crippen LogP contribution is -2.15. The second-order valence-electron chi connectivity index (χ2n) is 4.17. The van der Waals surface area contributed by atoms with Gasteiger partial charge in [-0.05, 0) is 24.3 Å². The van der Waals surface area contributed by atoms with E-state index in [9.17, 15) is 23.1 Å². The molecule has 4 nitrogen and oxygen atoms in total. The summed E-state index contributed by atoms with van der Waals surface area (Å²) >= 11 is 0. The van der Waals surface area contributed by atoms with Gasteiger partial charge in [-0.2, -0.15) is 18.4 Å². The molecular weight excluding hydrogens is 297 g/mol. The molecule has 0 saturated carbocycles. The van der Waals surface area contributed by atoms with Crippen molar-refractivity contribution >= 4 is 11.6 Å². The molecule has 1 aromatic carbocycles. The van der Waals surface area contributed by atoms with Crippen molar-refractivity contribution in [2.45, 2.75) is 19.0 Å². The Bertz CT molecular complexity index is 662. The fourth-order valence-electron chi connectivity index (χ4n) is 1.50. The van der Waals surface area contributed by atoms with Crippen molar-refractivity contribution in [1.82, 2.24) is 0 Å². The number of terminal acetylenes is 1. The van der Waals surface area contributed by atoms with E-state index in [0.717, 1.165) is 24.3 Å². The number of halogens is 3. The van der Waals surface area contributed by atoms with Crippen LogP contribution >= 0.6 is 0 Å². The third kappa shape index (κ3) is 4.57. The van der Waals surface area contributed by atoms with Gasteiger partial charge in [-0.25, -0.2) is 0 Å². The maximum atomic E-state index is 12.4. The molecule has 0 saturated heterocycles. The maximum Gasteiger partial charge on any atom is 0.416 e. The van der Waals surface area contributed by atoms with Gasteiger partial charge in [0.15, 0.2) is 5.57 Å². The quantitative estimate of drug-likeness (QED) is 0.387. The molecule has 0 heterocycles. The largest absolute Gasteiger partial charge is 0.511 e. The molecule has 0 spiro atoms. The minimum atomic E-state index is -4.48. The van der Waals surface area contributed by atoms with Crippen LogP contribution in [0.3, 0.4) is 0 Å². The molecule has 1 rings (SSSR count). The van der Waals surface area contributed by atoms with E-state index < -0.39 is 29.0 Å². The average Bonchev–Trinajstić information content (AvgIpc) is 2.45. The van der Waals surface area contributed by atoms with E-state index in [0.29, 0.717) is 0 Å². The van der Waals surface area contributed by atoms with Crippen LogP contribution < -0.4 is 5.32 Å². The number of rotatable bonds is 4. The van der Waals surface area contributed by atoms with Gasteiger partial charge in [0.1, 0.15) is 11.8 Å². The van der Waals surface area contributed by atoms with Crippen molar-refractivity contribution in [2.24, 2.45) is 0 Å². The number of nitriles is 1. The zero-order valence-corrected chi connectivity index (χ0v) is 11.2. The van der Waals surface area contributed by atoms with Crippen LogP contribution in [0.15, 0.2) is 35.6 Å². The number of benzene rings is 1. The van der Waals surface area contributed by atoms with Gasteiger partial charge in [-0.15, -0.1) is 12.3 Å². The molecule has 0 bridgehead atoms. The highest BCUT2D eigenvalue weighted by Gasteiger charge is 2.30. The Morgan fingerprint density at radius 1 is 1.32 bits per heavy atom. The third-order valence-corrected chi connectivity index (χ3v) is 2.60. The summed E-state index contributed by atoms with van der Waals surface area (Å²) < 4.78 is 37.2. The van der Waals surface area contributed by atoms with Crippen LogP contribution in [0.1, 0.15) is 18.4 Å². The van der Waals surface area contributed by atoms with Crippen molar-refractivity contribution in [3.8, 4) is 18.4 Å². The number of nitrogens with zero attached hydrogens (tertiary/aromatic N) is 1. The molecule has 0 aliphatic carbocycles. The van der Waals surface area contributed by atoms with Gasteiger partial charge >= 0.3 is 6.18 Å². The molecule has 0 aliphatic rings. The zero-order chi connectivity index (χ0) is 16.8. The first-order chi connectivity index (χ1) is 10.3. The summed E-state index contributed by atoms with van der Waals surface area (Å²) in [6.07, 6.45) is 0.631. The highest BCUT2D eigenvalue weighted by atomic mass is 19.4. The minimum absolute atomic E-state index is 0.0418. The van der Waals surface area contributed by atoms with Crippen LogP contribution in [0, 0.1) is 23.7 Å². The van der Waals surface area contributed by atoms with E-state index >= 15 is 0 Å². The van der Waals surface area contributed by atoms with Crippen molar-refractivity contribution < 1.29 is 23.1 Å². The van der Waals surface area contributed by atoms with Gasteiger partial charge in [0.05, 0.1) is 5.56 Å². The van der Waals surface area contributed by atoms with Gasteiger partial charge in [0.2, 0.25) is 0 Å². The number of carbonyl (C=O) groups is 1. The van der Waals surface area contributed by atoms with E-state index in [4.69, 9.17) is 11.7 Å². The summed E-state index contributed by atoms with van der Waals surface area (Å²) in [6, 6.07) is 5.23. The highest BCUT2D eigenvalue weighted by molar-refractivity contribution is 6.06. The summed E-state index contributed by atoms with van der Waals surface area (Å²) in [5, 5.41) is 20.7. The number of nitrogens with one attached hydrogen (secondary N) is 1. The smallest absolute Gasteiger partial charge is 0.416 e. The van der Waals surface area contributed by atoms with Crippen molar-refractivity contribution in [3.63, 3.8) is 0 Å². The molecule has 0 radical (unpaired) electrons. The topological polar surface area (TPSA) is 73.1 Å². The van der Waals surface area contributed by atoms with Crippen LogP contribution in [0.5, 0.6) is 0 Å². The van der Waals surface area contributed by atoms with E-state index in [1.165, 1.54) is 6.07 Å². The van der Waals surface area contributed by atoms with Crippen LogP contribution in [-0.4, -0.2) is 11.0 Å². The number of amides is 1. The first kappa shape index (κ1) is 17.1. The van der Waals surface area contributed by atoms with Crippen LogP contribution in [0.4, 0.5) is 18.9 Å². The second kappa shape index (κ2) is 7.19. The third-order valence-electron chi connectivity index (χ3n) is 2.60. The van der Waals surface area contributed by atoms with Crippen LogP contribution in [0.2, 0.25) is 0 Å². The van der Waals surface area contributed by atoms with Crippen molar-refractivity contribution in [1.29, 1.82) is 5.26 Å². The van der Waals surface area contributed by atoms with Gasteiger partial charge in [-0.3, -0.25) is 4.79 Å². The van der Waals surface area contributed by atoms with E-state index in [1.807, 2.05) is 0 Å². The Morgan fingerprint density at radius 2 is 1.91 bits per heavy atom. The van der Waals surface area contributed by atoms with Gasteiger partial charge in [0, 0.05) is 18.5 Å². The standard InChI is InChI=1S/C15H11F3N2O2/c1-2-3-4-13(21)12(9-19)14(22)20-11-7-5-10(6-8-11)15(16,17)18/h1,5-8,21H,3-4H2,(H,20,22)/b13-12-. The zero-order valence-electron chi connectivity index (χ0n) is 11.2. The van der Waals surface area contributed by atoms with Crippen LogP contribution in [0.25, 0.3) is 0 Å². The summed E-state index contributed by atoms with van der Waals surface area (Å²) in [6.45, 7) is 0. The molecule has 7 heteroatoms. The summed E-state index contributed by atoms with van der Waals surface area (Å²) in [5.41, 5.74) is -1.33. The number of aliphatic hydroxyl groups is 1. The Morgan fingerprint density at radius 3 is 2.36 bits per heavy atom. The van der Waals surface area contributed by atoms with Crippen molar-refractivity contribution in [3.05, 3.63) is 41.2 Å². The Balaban J connectivity index is 2.88. The molecular formula is C15H11F3N2O2. The summed E-state index contributed by atoms with van der Waals surface area (Å²) in [7, 11) is 0. The fraction of sp³-hybridized carbons (Fsp3) is 0.200. The number of hydrogen-bond acceptors (Lipinski definition) is 3. The van der Waals surface area contributed by atoms with E-state index in [2.05, 4.69) is 11.2 Å². The predicted molar refractivity (Wildman–Crippen MR) is 73.4 cm³/mol. The van der Waals surface area contributed by atoms with E-state index in [1.54, 1.807) is 0 Å². The molecule has 1 amide bonds. The number of carbonyl (C=O) groups excluding carboxylic acids is 1. The molecule has 22 heavy (non-hydrogen) atoms. The minimum Gasteiger partial charge on any atom is -0.511 e. The lowest BCUT2D eigenvalue weighted by atomic mass is 10.1. The normalized spacial score (nSPS) is 11.9. The molecule has 0 unspecified atom stereocenters. The molecule has 0 fully saturated rings. The van der Waals surface area contributed by atoms with Gasteiger partial charge in [0.25, 0.3) is 5.91 Å². The molecule has 0 aliphatic heterocycles. The van der Waals surface area contributed by atoms with E-state index in [-0.39, 0.29) is 18.5 Å². The Labute approximate surface area is 124 Å². The second-order valence-corrected chi connectivity index (χ2v) is 4.17. The molecule has 0 aromatic heterocycles. The number of alkyl halides is 3. The van der Waals surface area contributed by atoms with Gasteiger partial charge in [-0.1, -0.05) is 0 Å². The Hall–Kier alpha value is -2.93. The number of anilines is 1. The van der Waals surface area contributed by atoms with Crippen molar-refractivity contribution in [2.75, 3.05) is 5.32 Å². The fourth-order valence-corrected chi connectivity index (χ4v) is 1.50. The monoisotopic (exact) mass is 308 g/mol. The number of allylic oxidation sites excluding steroid dienone is 1. The lowest BCUT2D eigenvalue weighted by molar-refractivity contribution is -0.137. The number of aliphatic hydroxyl groups excluding tert-OH is 1. The lowest BCUT2D eigenvalue weighted by Gasteiger charge is -2.09. The van der Waals surface area contributed by atoms with Crippen LogP contribution in [-0.2, 0) is 11.0 Å². The maximum absolute atomic E-state index is 12.4. The predicted octanol–water partition coefficient (Wildman–Crippen LogP) is 3.39. The molecule has 2 N–H and O–H groups in total. The van der Waals surface area contributed by atoms with Gasteiger partial charge < -0.3 is 10.4 Å².